The van der Waals surface area contributed by atoms with Crippen LogP contribution in [-0.4, -0.2) is 23.1 Å². The SMILES string of the molecule is CCCCC/C=C\C/C=C\C/C=C\C/C=C\CCCC(=O)OC(CCCCCCCCCC)CCCCCCCCCCC(=O)O. The average Bonchev–Trinajstić information content (AvgIpc) is 3.04. The minimum absolute atomic E-state index is 0.0261. The van der Waals surface area contributed by atoms with Gasteiger partial charge in [-0.3, -0.25) is 9.59 Å². The van der Waals surface area contributed by atoms with Crippen LogP contribution in [0, 0.1) is 0 Å². The third-order valence-corrected chi connectivity index (χ3v) is 8.55. The van der Waals surface area contributed by atoms with Crippen molar-refractivity contribution in [1.29, 1.82) is 0 Å². The van der Waals surface area contributed by atoms with E-state index in [9.17, 15) is 9.59 Å². The zero-order valence-electron chi connectivity index (χ0n) is 30.4. The summed E-state index contributed by atoms with van der Waals surface area (Å²) in [5, 5.41) is 8.74. The highest BCUT2D eigenvalue weighted by atomic mass is 16.5. The fourth-order valence-corrected chi connectivity index (χ4v) is 5.65. The maximum Gasteiger partial charge on any atom is 0.306 e. The minimum Gasteiger partial charge on any atom is -0.481 e. The molecule has 0 aliphatic rings. The summed E-state index contributed by atoms with van der Waals surface area (Å²) in [5.41, 5.74) is 0. The van der Waals surface area contributed by atoms with Gasteiger partial charge in [-0.2, -0.15) is 0 Å². The molecule has 0 radical (unpaired) electrons. The molecule has 0 aromatic heterocycles. The summed E-state index contributed by atoms with van der Waals surface area (Å²) in [7, 11) is 0. The number of esters is 1. The molecule has 0 aromatic carbocycles. The molecule has 0 saturated carbocycles. The second-order valence-electron chi connectivity index (χ2n) is 13.1. The first-order valence-electron chi connectivity index (χ1n) is 19.6. The van der Waals surface area contributed by atoms with Crippen molar-refractivity contribution in [2.24, 2.45) is 0 Å². The number of carboxylic acid groups (broad SMARTS) is 1. The number of carbonyl (C=O) groups excluding carboxylic acids is 1. The lowest BCUT2D eigenvalue weighted by Gasteiger charge is -2.18. The van der Waals surface area contributed by atoms with Crippen molar-refractivity contribution in [1.82, 2.24) is 0 Å². The van der Waals surface area contributed by atoms with Crippen LogP contribution in [0.15, 0.2) is 48.6 Å². The van der Waals surface area contributed by atoms with Crippen molar-refractivity contribution in [3.05, 3.63) is 48.6 Å². The third-order valence-electron chi connectivity index (χ3n) is 8.55. The molecule has 0 heterocycles. The second kappa shape index (κ2) is 37.4. The molecule has 1 atom stereocenters. The number of aliphatic carboxylic acids is 1. The number of rotatable bonds is 35. The van der Waals surface area contributed by atoms with E-state index >= 15 is 0 Å². The van der Waals surface area contributed by atoms with Crippen molar-refractivity contribution in [2.45, 2.75) is 206 Å². The molecule has 0 fully saturated rings. The first kappa shape index (κ1) is 43.9. The Morgan fingerprint density at radius 2 is 0.870 bits per heavy atom. The molecule has 0 saturated heterocycles. The molecule has 0 aliphatic carbocycles. The molecular weight excluding hydrogens is 568 g/mol. The van der Waals surface area contributed by atoms with Crippen LogP contribution in [0.1, 0.15) is 200 Å². The van der Waals surface area contributed by atoms with Gasteiger partial charge in [0.05, 0.1) is 0 Å². The van der Waals surface area contributed by atoms with Gasteiger partial charge in [-0.25, -0.2) is 0 Å². The van der Waals surface area contributed by atoms with Gasteiger partial charge in [0.2, 0.25) is 0 Å². The van der Waals surface area contributed by atoms with E-state index in [0.717, 1.165) is 77.0 Å². The van der Waals surface area contributed by atoms with Crippen LogP contribution in [0.2, 0.25) is 0 Å². The number of ether oxygens (including phenoxy) is 1. The molecule has 0 aliphatic heterocycles. The highest BCUT2D eigenvalue weighted by Gasteiger charge is 2.14. The smallest absolute Gasteiger partial charge is 0.306 e. The van der Waals surface area contributed by atoms with Gasteiger partial charge in [0.1, 0.15) is 6.10 Å². The van der Waals surface area contributed by atoms with E-state index in [1.165, 1.54) is 96.3 Å². The molecule has 46 heavy (non-hydrogen) atoms. The van der Waals surface area contributed by atoms with Gasteiger partial charge in [0.25, 0.3) is 0 Å². The van der Waals surface area contributed by atoms with Crippen molar-refractivity contribution in [2.75, 3.05) is 0 Å². The molecular formula is C42H74O4. The van der Waals surface area contributed by atoms with Crippen molar-refractivity contribution in [3.63, 3.8) is 0 Å². The summed E-state index contributed by atoms with van der Waals surface area (Å²) >= 11 is 0. The second-order valence-corrected chi connectivity index (χ2v) is 13.1. The Balaban J connectivity index is 4.15. The molecule has 0 spiro atoms. The van der Waals surface area contributed by atoms with Crippen molar-refractivity contribution in [3.8, 4) is 0 Å². The summed E-state index contributed by atoms with van der Waals surface area (Å²) < 4.78 is 6.00. The lowest BCUT2D eigenvalue weighted by atomic mass is 10.0. The topological polar surface area (TPSA) is 63.6 Å². The number of unbranched alkanes of at least 4 members (excludes halogenated alkanes) is 18. The Morgan fingerprint density at radius 1 is 0.478 bits per heavy atom. The summed E-state index contributed by atoms with van der Waals surface area (Å²) in [4.78, 5) is 23.3. The Hall–Kier alpha value is -2.10. The quantitative estimate of drug-likeness (QED) is 0.0424. The Labute approximate surface area is 285 Å². The number of hydrogen-bond donors (Lipinski definition) is 1. The molecule has 0 rings (SSSR count). The van der Waals surface area contributed by atoms with E-state index in [0.29, 0.717) is 12.8 Å². The van der Waals surface area contributed by atoms with E-state index < -0.39 is 5.97 Å². The van der Waals surface area contributed by atoms with Crippen LogP contribution in [0.5, 0.6) is 0 Å². The van der Waals surface area contributed by atoms with Crippen LogP contribution < -0.4 is 0 Å². The number of carboxylic acids is 1. The van der Waals surface area contributed by atoms with E-state index in [2.05, 4.69) is 62.5 Å². The average molecular weight is 643 g/mol. The Kier molecular flexibility index (Phi) is 35.7. The van der Waals surface area contributed by atoms with Crippen LogP contribution in [0.25, 0.3) is 0 Å². The van der Waals surface area contributed by atoms with Crippen molar-refractivity contribution >= 4 is 11.9 Å². The molecule has 4 heteroatoms. The zero-order valence-corrected chi connectivity index (χ0v) is 30.4. The van der Waals surface area contributed by atoms with Crippen LogP contribution in [0.4, 0.5) is 0 Å². The molecule has 0 aromatic rings. The van der Waals surface area contributed by atoms with Gasteiger partial charge in [-0.1, -0.05) is 159 Å². The standard InChI is InChI=1S/C42H74O4/c1-3-5-7-9-11-13-14-15-16-17-18-19-20-21-27-31-35-39-42(45)46-40(36-32-28-24-12-10-8-6-4-2)37-33-29-25-22-23-26-30-34-38-41(43)44/h11,13,15-16,18-19,21,27,40H,3-10,12,14,17,20,22-26,28-39H2,1-2H3,(H,43,44)/b13-11-,16-15-,19-18-,27-21-. The highest BCUT2D eigenvalue weighted by molar-refractivity contribution is 5.69. The largest absolute Gasteiger partial charge is 0.481 e. The zero-order chi connectivity index (χ0) is 33.6. The monoisotopic (exact) mass is 643 g/mol. The maximum atomic E-state index is 12.6. The summed E-state index contributed by atoms with van der Waals surface area (Å²) in [6.07, 6.45) is 49.9. The van der Waals surface area contributed by atoms with Gasteiger partial charge in [-0.05, 0) is 77.0 Å². The van der Waals surface area contributed by atoms with Gasteiger partial charge >= 0.3 is 11.9 Å². The fourth-order valence-electron chi connectivity index (χ4n) is 5.65. The molecule has 4 nitrogen and oxygen atoms in total. The van der Waals surface area contributed by atoms with Gasteiger partial charge < -0.3 is 9.84 Å². The Morgan fingerprint density at radius 3 is 1.35 bits per heavy atom. The predicted octanol–water partition coefficient (Wildman–Crippen LogP) is 13.6. The molecule has 0 amide bonds. The summed E-state index contributed by atoms with van der Waals surface area (Å²) in [6.45, 7) is 4.51. The van der Waals surface area contributed by atoms with E-state index in [1.54, 1.807) is 0 Å². The first-order valence-corrected chi connectivity index (χ1v) is 19.6. The van der Waals surface area contributed by atoms with Crippen molar-refractivity contribution < 1.29 is 19.4 Å². The summed E-state index contributed by atoms with van der Waals surface area (Å²) in [6, 6.07) is 0. The van der Waals surface area contributed by atoms with Crippen LogP contribution >= 0.6 is 0 Å². The molecule has 1 unspecified atom stereocenters. The van der Waals surface area contributed by atoms with Gasteiger partial charge in [-0.15, -0.1) is 0 Å². The molecule has 266 valence electrons. The number of hydrogen-bond acceptors (Lipinski definition) is 3. The highest BCUT2D eigenvalue weighted by Crippen LogP contribution is 2.18. The van der Waals surface area contributed by atoms with Gasteiger partial charge in [0, 0.05) is 12.8 Å². The van der Waals surface area contributed by atoms with Crippen LogP contribution in [0.3, 0.4) is 0 Å². The molecule has 1 N–H and O–H groups in total. The predicted molar refractivity (Wildman–Crippen MR) is 199 cm³/mol. The lowest BCUT2D eigenvalue weighted by molar-refractivity contribution is -0.150. The first-order chi connectivity index (χ1) is 22.6. The van der Waals surface area contributed by atoms with E-state index in [-0.39, 0.29) is 12.1 Å². The van der Waals surface area contributed by atoms with E-state index in [4.69, 9.17) is 9.84 Å². The lowest BCUT2D eigenvalue weighted by Crippen LogP contribution is -2.18. The summed E-state index contributed by atoms with van der Waals surface area (Å²) in [5.74, 6) is -0.712. The minimum atomic E-state index is -0.686. The van der Waals surface area contributed by atoms with Gasteiger partial charge in [0.15, 0.2) is 0 Å². The Bertz CT molecular complexity index is 779. The molecule has 0 bridgehead atoms. The number of allylic oxidation sites excluding steroid dienone is 8. The number of carbonyl (C=O) groups is 2. The van der Waals surface area contributed by atoms with Crippen LogP contribution in [-0.2, 0) is 14.3 Å². The fraction of sp³-hybridized carbons (Fsp3) is 0.762. The normalized spacial score (nSPS) is 12.7. The maximum absolute atomic E-state index is 12.6. The third kappa shape index (κ3) is 36.4. The van der Waals surface area contributed by atoms with E-state index in [1.807, 2.05) is 0 Å².